The molecule has 4 heteroatoms. The summed E-state index contributed by atoms with van der Waals surface area (Å²) in [5.74, 6) is 0.833. The molecule has 0 saturated carbocycles. The summed E-state index contributed by atoms with van der Waals surface area (Å²) in [5, 5.41) is 0. The quantitative estimate of drug-likeness (QED) is 0.716. The summed E-state index contributed by atoms with van der Waals surface area (Å²) in [6.45, 7) is 5.40. The Morgan fingerprint density at radius 3 is 2.50 bits per heavy atom. The molecule has 0 bridgehead atoms. The fourth-order valence-corrected chi connectivity index (χ4v) is 2.00. The van der Waals surface area contributed by atoms with Gasteiger partial charge in [0.1, 0.15) is 5.75 Å². The van der Waals surface area contributed by atoms with Gasteiger partial charge in [-0.3, -0.25) is 0 Å². The van der Waals surface area contributed by atoms with Crippen molar-refractivity contribution in [2.45, 2.75) is 32.5 Å². The molecular formula is C14H21BrO3. The Balaban J connectivity index is 2.38. The van der Waals surface area contributed by atoms with Gasteiger partial charge in [-0.05, 0) is 53.9 Å². The van der Waals surface area contributed by atoms with E-state index in [4.69, 9.17) is 14.2 Å². The molecule has 0 radical (unpaired) electrons. The Morgan fingerprint density at radius 2 is 1.94 bits per heavy atom. The second kappa shape index (κ2) is 7.12. The van der Waals surface area contributed by atoms with Crippen LogP contribution in [0, 0.1) is 0 Å². The van der Waals surface area contributed by atoms with Gasteiger partial charge in [0.05, 0.1) is 23.8 Å². The molecule has 0 N–H and O–H groups in total. The lowest BCUT2D eigenvalue weighted by atomic mass is 10.1. The Hall–Kier alpha value is -0.580. The predicted octanol–water partition coefficient (Wildman–Crippen LogP) is 3.79. The maximum absolute atomic E-state index is 5.64. The molecule has 18 heavy (non-hydrogen) atoms. The number of hydrogen-bond donors (Lipinski definition) is 0. The lowest BCUT2D eigenvalue weighted by Gasteiger charge is -2.22. The van der Waals surface area contributed by atoms with E-state index >= 15 is 0 Å². The van der Waals surface area contributed by atoms with Crippen molar-refractivity contribution in [3.63, 3.8) is 0 Å². The lowest BCUT2D eigenvalue weighted by molar-refractivity contribution is -0.0124. The smallest absolute Gasteiger partial charge is 0.133 e. The Labute approximate surface area is 118 Å². The molecule has 0 heterocycles. The molecule has 1 aromatic carbocycles. The van der Waals surface area contributed by atoms with E-state index in [1.165, 1.54) is 0 Å². The van der Waals surface area contributed by atoms with Crippen molar-refractivity contribution < 1.29 is 14.2 Å². The highest BCUT2D eigenvalue weighted by molar-refractivity contribution is 9.10. The zero-order valence-corrected chi connectivity index (χ0v) is 13.0. The number of ether oxygens (including phenoxy) is 3. The van der Waals surface area contributed by atoms with Gasteiger partial charge in [-0.1, -0.05) is 6.07 Å². The number of hydrogen-bond acceptors (Lipinski definition) is 3. The Bertz CT molecular complexity index is 377. The zero-order valence-electron chi connectivity index (χ0n) is 11.5. The minimum atomic E-state index is -0.125. The van der Waals surface area contributed by atoms with Crippen molar-refractivity contribution in [3.05, 3.63) is 28.2 Å². The van der Waals surface area contributed by atoms with Crippen molar-refractivity contribution in [3.8, 4) is 5.75 Å². The summed E-state index contributed by atoms with van der Waals surface area (Å²) in [5.41, 5.74) is 0.999. The molecule has 0 saturated heterocycles. The average Bonchev–Trinajstić information content (AvgIpc) is 2.35. The molecule has 1 aromatic rings. The molecule has 0 aliphatic carbocycles. The molecule has 1 rings (SSSR count). The topological polar surface area (TPSA) is 27.7 Å². The van der Waals surface area contributed by atoms with Crippen molar-refractivity contribution in [1.29, 1.82) is 0 Å². The number of methoxy groups -OCH3 is 2. The van der Waals surface area contributed by atoms with Crippen LogP contribution in [-0.2, 0) is 16.1 Å². The first-order valence-electron chi connectivity index (χ1n) is 5.94. The van der Waals surface area contributed by atoms with Crippen molar-refractivity contribution in [2.75, 3.05) is 20.8 Å². The van der Waals surface area contributed by atoms with E-state index in [9.17, 15) is 0 Å². The van der Waals surface area contributed by atoms with Gasteiger partial charge in [0.2, 0.25) is 0 Å². The fraction of sp³-hybridized carbons (Fsp3) is 0.571. The van der Waals surface area contributed by atoms with Gasteiger partial charge in [-0.2, -0.15) is 0 Å². The standard InChI is InChI=1S/C14H21BrO3/c1-14(2,17-4)7-8-18-10-11-5-6-13(16-3)12(15)9-11/h5-6,9H,7-8,10H2,1-4H3. The monoisotopic (exact) mass is 316 g/mol. The van der Waals surface area contributed by atoms with E-state index in [0.29, 0.717) is 13.2 Å². The van der Waals surface area contributed by atoms with Gasteiger partial charge in [0, 0.05) is 13.7 Å². The number of benzene rings is 1. The van der Waals surface area contributed by atoms with E-state index in [1.54, 1.807) is 14.2 Å². The molecule has 0 atom stereocenters. The molecule has 0 aromatic heterocycles. The van der Waals surface area contributed by atoms with Crippen molar-refractivity contribution in [2.24, 2.45) is 0 Å². The van der Waals surface area contributed by atoms with Gasteiger partial charge >= 0.3 is 0 Å². The SMILES string of the molecule is COc1ccc(COCCC(C)(C)OC)cc1Br. The number of rotatable bonds is 7. The summed E-state index contributed by atoms with van der Waals surface area (Å²) in [6.07, 6.45) is 0.876. The van der Waals surface area contributed by atoms with E-state index in [-0.39, 0.29) is 5.60 Å². The lowest BCUT2D eigenvalue weighted by Crippen LogP contribution is -2.24. The predicted molar refractivity (Wildman–Crippen MR) is 76.1 cm³/mol. The van der Waals surface area contributed by atoms with Crippen LogP contribution < -0.4 is 4.74 Å². The van der Waals surface area contributed by atoms with Gasteiger partial charge in [-0.15, -0.1) is 0 Å². The van der Waals surface area contributed by atoms with Crippen LogP contribution >= 0.6 is 15.9 Å². The highest BCUT2D eigenvalue weighted by Crippen LogP contribution is 2.25. The maximum atomic E-state index is 5.64. The van der Waals surface area contributed by atoms with E-state index < -0.39 is 0 Å². The van der Waals surface area contributed by atoms with Crippen LogP contribution in [0.4, 0.5) is 0 Å². The van der Waals surface area contributed by atoms with Gasteiger partial charge in [0.25, 0.3) is 0 Å². The summed E-state index contributed by atoms with van der Waals surface area (Å²) in [6, 6.07) is 5.95. The minimum absolute atomic E-state index is 0.125. The Kier molecular flexibility index (Phi) is 6.12. The molecule has 0 aliphatic rings. The third-order valence-electron chi connectivity index (χ3n) is 2.89. The van der Waals surface area contributed by atoms with Gasteiger partial charge < -0.3 is 14.2 Å². The fourth-order valence-electron chi connectivity index (χ4n) is 1.41. The maximum Gasteiger partial charge on any atom is 0.133 e. The average molecular weight is 317 g/mol. The summed E-state index contributed by atoms with van der Waals surface area (Å²) >= 11 is 3.46. The van der Waals surface area contributed by atoms with Crippen LogP contribution in [0.1, 0.15) is 25.8 Å². The molecule has 0 spiro atoms. The molecule has 0 aliphatic heterocycles. The highest BCUT2D eigenvalue weighted by Gasteiger charge is 2.15. The molecule has 0 unspecified atom stereocenters. The first kappa shape index (κ1) is 15.5. The third-order valence-corrected chi connectivity index (χ3v) is 3.51. The van der Waals surface area contributed by atoms with Crippen LogP contribution in [0.15, 0.2) is 22.7 Å². The Morgan fingerprint density at radius 1 is 1.22 bits per heavy atom. The first-order valence-corrected chi connectivity index (χ1v) is 6.73. The van der Waals surface area contributed by atoms with E-state index in [2.05, 4.69) is 29.8 Å². The molecule has 0 amide bonds. The van der Waals surface area contributed by atoms with Crippen LogP contribution in [0.25, 0.3) is 0 Å². The van der Waals surface area contributed by atoms with Crippen LogP contribution in [0.5, 0.6) is 5.75 Å². The van der Waals surface area contributed by atoms with Crippen LogP contribution in [-0.4, -0.2) is 26.4 Å². The second-order valence-electron chi connectivity index (χ2n) is 4.74. The first-order chi connectivity index (χ1) is 8.48. The molecule has 102 valence electrons. The summed E-state index contributed by atoms with van der Waals surface area (Å²) in [7, 11) is 3.38. The molecular weight excluding hydrogens is 296 g/mol. The summed E-state index contributed by atoms with van der Waals surface area (Å²) in [4.78, 5) is 0. The largest absolute Gasteiger partial charge is 0.496 e. The number of halogens is 1. The second-order valence-corrected chi connectivity index (χ2v) is 5.59. The van der Waals surface area contributed by atoms with Crippen molar-refractivity contribution in [1.82, 2.24) is 0 Å². The molecule has 3 nitrogen and oxygen atoms in total. The van der Waals surface area contributed by atoms with E-state index in [1.807, 2.05) is 18.2 Å². The van der Waals surface area contributed by atoms with Crippen LogP contribution in [0.3, 0.4) is 0 Å². The minimum Gasteiger partial charge on any atom is -0.496 e. The molecule has 0 fully saturated rings. The van der Waals surface area contributed by atoms with Crippen LogP contribution in [0.2, 0.25) is 0 Å². The van der Waals surface area contributed by atoms with Crippen molar-refractivity contribution >= 4 is 15.9 Å². The van der Waals surface area contributed by atoms with E-state index in [0.717, 1.165) is 22.2 Å². The third kappa shape index (κ3) is 4.96. The zero-order chi connectivity index (χ0) is 13.6. The normalized spacial score (nSPS) is 11.6. The van der Waals surface area contributed by atoms with Gasteiger partial charge in [0.15, 0.2) is 0 Å². The highest BCUT2D eigenvalue weighted by atomic mass is 79.9. The van der Waals surface area contributed by atoms with Gasteiger partial charge in [-0.25, -0.2) is 0 Å². The summed E-state index contributed by atoms with van der Waals surface area (Å²) < 4.78 is 17.1.